The van der Waals surface area contributed by atoms with Crippen LogP contribution >= 0.6 is 12.4 Å². The molecule has 4 rings (SSSR count). The molecular weight excluding hydrogens is 452 g/mol. The topological polar surface area (TPSA) is 63.9 Å². The molecule has 0 bridgehead atoms. The first-order valence-electron chi connectivity index (χ1n) is 11.9. The number of piperidine rings is 1. The zero-order chi connectivity index (χ0) is 23.4. The van der Waals surface area contributed by atoms with Gasteiger partial charge in [-0.3, -0.25) is 0 Å². The number of β-amino-alcohol motifs (C(OH)–C–C–N with tert-alkyl or cyclic N) is 1. The number of aliphatic hydroxyl groups is 1. The van der Waals surface area contributed by atoms with Crippen LogP contribution in [0.15, 0.2) is 42.5 Å². The molecule has 0 amide bonds. The largest absolute Gasteiger partial charge is 0.491 e. The van der Waals surface area contributed by atoms with Gasteiger partial charge in [-0.25, -0.2) is 4.79 Å². The van der Waals surface area contributed by atoms with Crippen molar-refractivity contribution in [2.45, 2.75) is 46.1 Å². The molecule has 1 aromatic heterocycles. The standard InChI is InChI=1S/C27H34N2O4.ClH/c1-4-32-27(31)26-20(3)29(21-10-8-19(2)9-11-21)25-13-12-23(16-24(25)26)33-18-22(30)17-28-14-6-5-7-15-28;/h8-13,16,22,30H,4-7,14-15,17-18H2,1-3H3;1H. The Morgan fingerprint density at radius 2 is 1.76 bits per heavy atom. The predicted octanol–water partition coefficient (Wildman–Crippen LogP) is 5.07. The van der Waals surface area contributed by atoms with E-state index in [0.717, 1.165) is 35.4 Å². The second-order valence-electron chi connectivity index (χ2n) is 8.86. The Labute approximate surface area is 207 Å². The summed E-state index contributed by atoms with van der Waals surface area (Å²) in [5, 5.41) is 11.2. The number of carbonyl (C=O) groups is 1. The van der Waals surface area contributed by atoms with Gasteiger partial charge >= 0.3 is 5.97 Å². The Morgan fingerprint density at radius 1 is 1.06 bits per heavy atom. The molecule has 0 spiro atoms. The normalized spacial score (nSPS) is 15.1. The van der Waals surface area contributed by atoms with Gasteiger partial charge in [0, 0.05) is 23.3 Å². The number of esters is 1. The van der Waals surface area contributed by atoms with Gasteiger partial charge in [0.05, 0.1) is 17.7 Å². The first-order valence-corrected chi connectivity index (χ1v) is 11.9. The first kappa shape index (κ1) is 26.1. The maximum absolute atomic E-state index is 12.9. The van der Waals surface area contributed by atoms with E-state index in [2.05, 4.69) is 40.7 Å². The minimum Gasteiger partial charge on any atom is -0.491 e. The molecule has 3 aromatic rings. The number of aryl methyl sites for hydroxylation is 1. The van der Waals surface area contributed by atoms with Crippen LogP contribution < -0.4 is 4.74 Å². The third-order valence-electron chi connectivity index (χ3n) is 6.31. The summed E-state index contributed by atoms with van der Waals surface area (Å²) < 4.78 is 13.4. The zero-order valence-electron chi connectivity index (χ0n) is 20.3. The zero-order valence-corrected chi connectivity index (χ0v) is 21.1. The van der Waals surface area contributed by atoms with E-state index in [0.29, 0.717) is 24.5 Å². The van der Waals surface area contributed by atoms with Crippen molar-refractivity contribution in [1.82, 2.24) is 9.47 Å². The number of likely N-dealkylation sites (tertiary alicyclic amines) is 1. The Balaban J connectivity index is 0.00000324. The summed E-state index contributed by atoms with van der Waals surface area (Å²) in [5.41, 5.74) is 4.46. The fourth-order valence-electron chi connectivity index (χ4n) is 4.66. The maximum Gasteiger partial charge on any atom is 0.340 e. The van der Waals surface area contributed by atoms with Gasteiger partial charge in [0.1, 0.15) is 18.5 Å². The van der Waals surface area contributed by atoms with E-state index < -0.39 is 6.10 Å². The lowest BCUT2D eigenvalue weighted by atomic mass is 10.1. The molecular formula is C27H35ClN2O4. The molecule has 1 atom stereocenters. The second-order valence-corrected chi connectivity index (χ2v) is 8.86. The summed E-state index contributed by atoms with van der Waals surface area (Å²) >= 11 is 0. The molecule has 1 saturated heterocycles. The van der Waals surface area contributed by atoms with Crippen molar-refractivity contribution in [2.24, 2.45) is 0 Å². The second kappa shape index (κ2) is 11.7. The van der Waals surface area contributed by atoms with E-state index in [4.69, 9.17) is 9.47 Å². The fraction of sp³-hybridized carbons (Fsp3) is 0.444. The van der Waals surface area contributed by atoms with Crippen LogP contribution in [-0.2, 0) is 4.74 Å². The minimum absolute atomic E-state index is 0. The van der Waals surface area contributed by atoms with Crippen molar-refractivity contribution in [3.8, 4) is 11.4 Å². The van der Waals surface area contributed by atoms with E-state index in [1.54, 1.807) is 0 Å². The number of nitrogens with zero attached hydrogens (tertiary/aromatic N) is 2. The van der Waals surface area contributed by atoms with Gasteiger partial charge in [-0.1, -0.05) is 24.1 Å². The molecule has 1 aliphatic rings. The number of carbonyl (C=O) groups excluding carboxylic acids is 1. The van der Waals surface area contributed by atoms with Gasteiger partial charge in [0.2, 0.25) is 0 Å². The maximum atomic E-state index is 12.9. The Kier molecular flexibility index (Phi) is 9.00. The monoisotopic (exact) mass is 486 g/mol. The average molecular weight is 487 g/mol. The van der Waals surface area contributed by atoms with Crippen LogP contribution in [0.4, 0.5) is 0 Å². The number of halogens is 1. The number of hydrogen-bond acceptors (Lipinski definition) is 5. The van der Waals surface area contributed by atoms with Crippen LogP contribution in [0.1, 0.15) is 47.8 Å². The predicted molar refractivity (Wildman–Crippen MR) is 138 cm³/mol. The van der Waals surface area contributed by atoms with E-state index in [9.17, 15) is 9.90 Å². The molecule has 34 heavy (non-hydrogen) atoms. The number of benzene rings is 2. The number of hydrogen-bond donors (Lipinski definition) is 1. The summed E-state index contributed by atoms with van der Waals surface area (Å²) in [4.78, 5) is 15.2. The first-order chi connectivity index (χ1) is 16.0. The van der Waals surface area contributed by atoms with E-state index >= 15 is 0 Å². The van der Waals surface area contributed by atoms with Crippen LogP contribution in [0.5, 0.6) is 5.75 Å². The Morgan fingerprint density at radius 3 is 2.44 bits per heavy atom. The van der Waals surface area contributed by atoms with Gasteiger partial charge in [-0.15, -0.1) is 12.4 Å². The van der Waals surface area contributed by atoms with Gasteiger partial charge in [-0.05, 0) is 77.0 Å². The van der Waals surface area contributed by atoms with Gasteiger partial charge in [-0.2, -0.15) is 0 Å². The van der Waals surface area contributed by atoms with Crippen LogP contribution in [-0.4, -0.2) is 59.5 Å². The molecule has 1 aliphatic heterocycles. The van der Waals surface area contributed by atoms with E-state index in [-0.39, 0.29) is 25.0 Å². The third kappa shape index (κ3) is 5.74. The summed E-state index contributed by atoms with van der Waals surface area (Å²) in [6, 6.07) is 14.0. The van der Waals surface area contributed by atoms with Crippen LogP contribution in [0.2, 0.25) is 0 Å². The van der Waals surface area contributed by atoms with Crippen LogP contribution in [0.3, 0.4) is 0 Å². The van der Waals surface area contributed by atoms with E-state index in [1.165, 1.54) is 24.8 Å². The lowest BCUT2D eigenvalue weighted by Gasteiger charge is -2.28. The van der Waals surface area contributed by atoms with E-state index in [1.807, 2.05) is 32.0 Å². The quantitative estimate of drug-likeness (QED) is 0.450. The molecule has 1 fully saturated rings. The summed E-state index contributed by atoms with van der Waals surface area (Å²) in [6.45, 7) is 9.04. The highest BCUT2D eigenvalue weighted by atomic mass is 35.5. The number of ether oxygens (including phenoxy) is 2. The van der Waals surface area contributed by atoms with Crippen molar-refractivity contribution in [3.05, 3.63) is 59.3 Å². The number of aliphatic hydroxyl groups excluding tert-OH is 1. The van der Waals surface area contributed by atoms with Crippen LogP contribution in [0.25, 0.3) is 16.6 Å². The SMILES string of the molecule is CCOC(=O)c1c(C)n(-c2ccc(C)cc2)c2ccc(OCC(O)CN3CCCCC3)cc12.Cl. The highest BCUT2D eigenvalue weighted by Crippen LogP contribution is 2.32. The molecule has 0 radical (unpaired) electrons. The highest BCUT2D eigenvalue weighted by Gasteiger charge is 2.23. The molecule has 7 heteroatoms. The molecule has 184 valence electrons. The molecule has 1 N–H and O–H groups in total. The van der Waals surface area contributed by atoms with Crippen molar-refractivity contribution < 1.29 is 19.4 Å². The smallest absolute Gasteiger partial charge is 0.340 e. The summed E-state index contributed by atoms with van der Waals surface area (Å²) in [6.07, 6.45) is 3.10. The fourth-order valence-corrected chi connectivity index (χ4v) is 4.66. The Bertz CT molecular complexity index is 1100. The summed E-state index contributed by atoms with van der Waals surface area (Å²) in [7, 11) is 0. The van der Waals surface area contributed by atoms with Crippen molar-refractivity contribution in [1.29, 1.82) is 0 Å². The molecule has 1 unspecified atom stereocenters. The van der Waals surface area contributed by atoms with Gasteiger partial charge in [0.15, 0.2) is 0 Å². The number of rotatable bonds is 8. The average Bonchev–Trinajstić information content (AvgIpc) is 3.10. The number of aromatic nitrogens is 1. The third-order valence-corrected chi connectivity index (χ3v) is 6.31. The molecule has 2 aromatic carbocycles. The molecule has 0 saturated carbocycles. The highest BCUT2D eigenvalue weighted by molar-refractivity contribution is 6.07. The minimum atomic E-state index is -0.554. The molecule has 6 nitrogen and oxygen atoms in total. The van der Waals surface area contributed by atoms with Gasteiger partial charge in [0.25, 0.3) is 0 Å². The van der Waals surface area contributed by atoms with Crippen LogP contribution in [0, 0.1) is 13.8 Å². The van der Waals surface area contributed by atoms with Crippen molar-refractivity contribution in [3.63, 3.8) is 0 Å². The summed E-state index contributed by atoms with van der Waals surface area (Å²) in [5.74, 6) is 0.292. The molecule has 2 heterocycles. The lowest BCUT2D eigenvalue weighted by molar-refractivity contribution is 0.0527. The Hall–Kier alpha value is -2.54. The number of fused-ring (bicyclic) bond motifs is 1. The van der Waals surface area contributed by atoms with Crippen molar-refractivity contribution in [2.75, 3.05) is 32.8 Å². The lowest BCUT2D eigenvalue weighted by Crippen LogP contribution is -2.38. The van der Waals surface area contributed by atoms with Crippen molar-refractivity contribution >= 4 is 29.3 Å². The molecule has 0 aliphatic carbocycles. The van der Waals surface area contributed by atoms with Gasteiger partial charge < -0.3 is 24.0 Å².